The van der Waals surface area contributed by atoms with Crippen molar-refractivity contribution in [1.82, 2.24) is 0 Å². The van der Waals surface area contributed by atoms with Crippen LogP contribution in [0, 0.1) is 0 Å². The van der Waals surface area contributed by atoms with Gasteiger partial charge >= 0.3 is 0 Å². The van der Waals surface area contributed by atoms with E-state index in [2.05, 4.69) is 27.4 Å². The second-order valence-electron chi connectivity index (χ2n) is 2.94. The molecule has 0 bridgehead atoms. The standard InChI is InChI=1S/C10H10BrNOS/c1-13-8-4-6-2-3-14-10(6)7(5-11)9(8)12/h2-4H,5,12H2,1H3. The van der Waals surface area contributed by atoms with E-state index in [1.54, 1.807) is 18.4 Å². The Kier molecular flexibility index (Phi) is 2.65. The predicted molar refractivity (Wildman–Crippen MR) is 65.4 cm³/mol. The van der Waals surface area contributed by atoms with Crippen LogP contribution in [0.25, 0.3) is 10.1 Å². The SMILES string of the molecule is COc1cc2ccsc2c(CBr)c1N. The first-order valence-electron chi connectivity index (χ1n) is 4.16. The summed E-state index contributed by atoms with van der Waals surface area (Å²) in [5.74, 6) is 0.755. The summed E-state index contributed by atoms with van der Waals surface area (Å²) < 4.78 is 6.46. The second-order valence-corrected chi connectivity index (χ2v) is 4.42. The Morgan fingerprint density at radius 2 is 2.36 bits per heavy atom. The normalized spacial score (nSPS) is 10.7. The molecule has 4 heteroatoms. The molecule has 0 fully saturated rings. The molecule has 0 saturated carbocycles. The van der Waals surface area contributed by atoms with Crippen LogP contribution in [-0.4, -0.2) is 7.11 Å². The molecule has 2 N–H and O–H groups in total. The van der Waals surface area contributed by atoms with Gasteiger partial charge in [0.25, 0.3) is 0 Å². The van der Waals surface area contributed by atoms with Crippen LogP contribution in [0.5, 0.6) is 5.75 Å². The summed E-state index contributed by atoms with van der Waals surface area (Å²) in [6.45, 7) is 0. The zero-order valence-corrected chi connectivity index (χ0v) is 10.1. The van der Waals surface area contributed by atoms with Crippen LogP contribution >= 0.6 is 27.3 Å². The van der Waals surface area contributed by atoms with Gasteiger partial charge < -0.3 is 10.5 Å². The van der Waals surface area contributed by atoms with E-state index in [1.165, 1.54) is 10.1 Å². The largest absolute Gasteiger partial charge is 0.495 e. The molecule has 14 heavy (non-hydrogen) atoms. The number of thiophene rings is 1. The number of halogens is 1. The molecule has 0 saturated heterocycles. The summed E-state index contributed by atoms with van der Waals surface area (Å²) in [5.41, 5.74) is 7.84. The summed E-state index contributed by atoms with van der Waals surface area (Å²) in [4.78, 5) is 0. The van der Waals surface area contributed by atoms with Crippen molar-refractivity contribution in [1.29, 1.82) is 0 Å². The highest BCUT2D eigenvalue weighted by Crippen LogP contribution is 2.37. The van der Waals surface area contributed by atoms with Crippen LogP contribution in [0.4, 0.5) is 5.69 Å². The lowest BCUT2D eigenvalue weighted by atomic mass is 10.1. The fraction of sp³-hybridized carbons (Fsp3) is 0.200. The molecule has 0 aliphatic rings. The molecule has 0 aliphatic carbocycles. The number of rotatable bonds is 2. The Labute approximate surface area is 94.8 Å². The maximum absolute atomic E-state index is 5.98. The van der Waals surface area contributed by atoms with Gasteiger partial charge in [0, 0.05) is 15.6 Å². The van der Waals surface area contributed by atoms with Crippen molar-refractivity contribution in [3.63, 3.8) is 0 Å². The van der Waals surface area contributed by atoms with Crippen LogP contribution < -0.4 is 10.5 Å². The lowest BCUT2D eigenvalue weighted by Crippen LogP contribution is -1.96. The van der Waals surface area contributed by atoms with Gasteiger partial charge in [0.05, 0.1) is 12.8 Å². The molecule has 0 spiro atoms. The fourth-order valence-electron chi connectivity index (χ4n) is 1.47. The van der Waals surface area contributed by atoms with E-state index in [9.17, 15) is 0 Å². The molecule has 74 valence electrons. The highest BCUT2D eigenvalue weighted by molar-refractivity contribution is 9.08. The Hall–Kier alpha value is -0.740. The van der Waals surface area contributed by atoms with Gasteiger partial charge in [-0.1, -0.05) is 15.9 Å². The zero-order valence-electron chi connectivity index (χ0n) is 7.71. The highest BCUT2D eigenvalue weighted by Gasteiger charge is 2.10. The van der Waals surface area contributed by atoms with Crippen molar-refractivity contribution in [2.75, 3.05) is 12.8 Å². The minimum absolute atomic E-state index is 0.735. The Morgan fingerprint density at radius 3 is 3.00 bits per heavy atom. The predicted octanol–water partition coefficient (Wildman–Crippen LogP) is 3.39. The number of hydrogen-bond donors (Lipinski definition) is 1. The molecule has 1 aromatic carbocycles. The van der Waals surface area contributed by atoms with Gasteiger partial charge in [0.15, 0.2) is 0 Å². The number of nitrogen functional groups attached to an aromatic ring is 1. The Morgan fingerprint density at radius 1 is 1.57 bits per heavy atom. The third-order valence-corrected chi connectivity index (χ3v) is 3.75. The number of anilines is 1. The van der Waals surface area contributed by atoms with E-state index in [1.807, 2.05) is 6.07 Å². The van der Waals surface area contributed by atoms with Crippen molar-refractivity contribution in [2.24, 2.45) is 0 Å². The minimum Gasteiger partial charge on any atom is -0.495 e. The number of fused-ring (bicyclic) bond motifs is 1. The maximum Gasteiger partial charge on any atom is 0.142 e. The first-order valence-corrected chi connectivity index (χ1v) is 6.16. The Balaban J connectivity index is 2.80. The average molecular weight is 272 g/mol. The average Bonchev–Trinajstić information content (AvgIpc) is 2.64. The van der Waals surface area contributed by atoms with Gasteiger partial charge in [-0.2, -0.15) is 0 Å². The van der Waals surface area contributed by atoms with Crippen LogP contribution in [0.2, 0.25) is 0 Å². The number of nitrogens with two attached hydrogens (primary N) is 1. The number of ether oxygens (including phenoxy) is 1. The van der Waals surface area contributed by atoms with Gasteiger partial charge in [-0.05, 0) is 22.9 Å². The van der Waals surface area contributed by atoms with Crippen LogP contribution in [0.15, 0.2) is 17.5 Å². The summed E-state index contributed by atoms with van der Waals surface area (Å²) in [7, 11) is 1.64. The number of hydrogen-bond acceptors (Lipinski definition) is 3. The molecule has 2 aromatic rings. The van der Waals surface area contributed by atoms with E-state index in [0.29, 0.717) is 0 Å². The first kappa shape index (κ1) is 9.80. The van der Waals surface area contributed by atoms with E-state index < -0.39 is 0 Å². The zero-order chi connectivity index (χ0) is 10.1. The number of alkyl halides is 1. The van der Waals surface area contributed by atoms with Crippen molar-refractivity contribution in [2.45, 2.75) is 5.33 Å². The van der Waals surface area contributed by atoms with Crippen molar-refractivity contribution in [3.05, 3.63) is 23.1 Å². The molecule has 0 amide bonds. The third-order valence-electron chi connectivity index (χ3n) is 2.20. The second kappa shape index (κ2) is 3.79. The topological polar surface area (TPSA) is 35.2 Å². The molecule has 1 aromatic heterocycles. The first-order chi connectivity index (χ1) is 6.77. The molecule has 2 nitrogen and oxygen atoms in total. The molecule has 0 radical (unpaired) electrons. The van der Waals surface area contributed by atoms with E-state index in [0.717, 1.165) is 22.3 Å². The van der Waals surface area contributed by atoms with Crippen molar-refractivity contribution >= 4 is 43.0 Å². The van der Waals surface area contributed by atoms with E-state index in [4.69, 9.17) is 10.5 Å². The summed E-state index contributed by atoms with van der Waals surface area (Å²) in [6.07, 6.45) is 0. The van der Waals surface area contributed by atoms with E-state index in [-0.39, 0.29) is 0 Å². The summed E-state index contributed by atoms with van der Waals surface area (Å²) >= 11 is 5.15. The third kappa shape index (κ3) is 1.38. The maximum atomic E-state index is 5.98. The summed E-state index contributed by atoms with van der Waals surface area (Å²) in [6, 6.07) is 4.06. The van der Waals surface area contributed by atoms with Crippen LogP contribution in [0.1, 0.15) is 5.56 Å². The van der Waals surface area contributed by atoms with Gasteiger partial charge in [-0.15, -0.1) is 11.3 Å². The Bertz CT molecular complexity index is 466. The lowest BCUT2D eigenvalue weighted by Gasteiger charge is -2.09. The van der Waals surface area contributed by atoms with E-state index >= 15 is 0 Å². The van der Waals surface area contributed by atoms with Crippen molar-refractivity contribution < 1.29 is 4.74 Å². The van der Waals surface area contributed by atoms with Gasteiger partial charge in [-0.25, -0.2) is 0 Å². The molecule has 1 heterocycles. The van der Waals surface area contributed by atoms with Gasteiger partial charge in [0.2, 0.25) is 0 Å². The van der Waals surface area contributed by atoms with Crippen molar-refractivity contribution in [3.8, 4) is 5.75 Å². The van der Waals surface area contributed by atoms with Crippen LogP contribution in [-0.2, 0) is 5.33 Å². The number of methoxy groups -OCH3 is 1. The highest BCUT2D eigenvalue weighted by atomic mass is 79.9. The molecule has 0 unspecified atom stereocenters. The monoisotopic (exact) mass is 271 g/mol. The minimum atomic E-state index is 0.735. The smallest absolute Gasteiger partial charge is 0.142 e. The number of benzene rings is 1. The quantitative estimate of drug-likeness (QED) is 0.671. The molecule has 0 aliphatic heterocycles. The molecular formula is C10H10BrNOS. The molecular weight excluding hydrogens is 262 g/mol. The van der Waals surface area contributed by atoms with Gasteiger partial charge in [-0.3, -0.25) is 0 Å². The fourth-order valence-corrected chi connectivity index (χ4v) is 3.18. The lowest BCUT2D eigenvalue weighted by molar-refractivity contribution is 0.417. The van der Waals surface area contributed by atoms with Gasteiger partial charge in [0.1, 0.15) is 5.75 Å². The summed E-state index contributed by atoms with van der Waals surface area (Å²) in [5, 5.41) is 4.01. The molecule has 2 rings (SSSR count). The van der Waals surface area contributed by atoms with Crippen LogP contribution in [0.3, 0.4) is 0 Å². The molecule has 0 atom stereocenters.